The molecule has 0 saturated heterocycles. The lowest BCUT2D eigenvalue weighted by molar-refractivity contribution is 0.171. The maximum Gasteiger partial charge on any atom is 0.0991 e. The second-order valence-electron chi connectivity index (χ2n) is 4.48. The first-order chi connectivity index (χ1) is 6.98. The second-order valence-corrected chi connectivity index (χ2v) is 5.47. The van der Waals surface area contributed by atoms with Crippen LogP contribution < -0.4 is 0 Å². The van der Waals surface area contributed by atoms with Gasteiger partial charge in [0.05, 0.1) is 22.6 Å². The molecule has 0 heterocycles. The lowest BCUT2D eigenvalue weighted by atomic mass is 9.86. The molecule has 0 spiro atoms. The number of aliphatic hydroxyl groups is 1. The van der Waals surface area contributed by atoms with Crippen LogP contribution in [0.15, 0.2) is 18.2 Å². The molecular weight excluding hydrogens is 254 g/mol. The molecule has 15 heavy (non-hydrogen) atoms. The zero-order valence-corrected chi connectivity index (χ0v) is 10.2. The van der Waals surface area contributed by atoms with Crippen molar-refractivity contribution in [3.63, 3.8) is 0 Å². The van der Waals surface area contributed by atoms with Crippen LogP contribution in [-0.2, 0) is 5.41 Å². The first-order valence-corrected chi connectivity index (χ1v) is 5.76. The van der Waals surface area contributed by atoms with Crippen molar-refractivity contribution in [1.29, 1.82) is 5.26 Å². The minimum absolute atomic E-state index is 0.00828. The van der Waals surface area contributed by atoms with Crippen LogP contribution in [0.1, 0.15) is 36.6 Å². The zero-order valence-electron chi connectivity index (χ0n) is 8.66. The Balaban J connectivity index is 2.63. The lowest BCUT2D eigenvalue weighted by Crippen LogP contribution is -2.25. The van der Waals surface area contributed by atoms with Crippen LogP contribution in [0.25, 0.3) is 0 Å². The SMILES string of the molecule is CC1(C)c2cc(C#N)ccc2[C@@H](O)[C@@H]1Br. The van der Waals surface area contributed by atoms with Crippen molar-refractivity contribution in [2.75, 3.05) is 0 Å². The summed E-state index contributed by atoms with van der Waals surface area (Å²) in [5, 5.41) is 18.9. The van der Waals surface area contributed by atoms with Gasteiger partial charge in [-0.25, -0.2) is 0 Å². The number of nitriles is 1. The van der Waals surface area contributed by atoms with Gasteiger partial charge in [-0.3, -0.25) is 0 Å². The maximum absolute atomic E-state index is 10.0. The van der Waals surface area contributed by atoms with Gasteiger partial charge in [-0.2, -0.15) is 5.26 Å². The summed E-state index contributed by atoms with van der Waals surface area (Å²) >= 11 is 3.52. The standard InChI is InChI=1S/C12H12BrNO/c1-12(2)9-5-7(6-14)3-4-8(9)10(15)11(12)13/h3-5,10-11,15H,1-2H3/t10-,11+/m1/s1. The first-order valence-electron chi connectivity index (χ1n) is 4.85. The molecule has 0 fully saturated rings. The van der Waals surface area contributed by atoms with Crippen molar-refractivity contribution in [2.45, 2.75) is 30.2 Å². The van der Waals surface area contributed by atoms with Gasteiger partial charge in [-0.05, 0) is 23.3 Å². The molecule has 3 heteroatoms. The smallest absolute Gasteiger partial charge is 0.0991 e. The average molecular weight is 266 g/mol. The molecule has 0 saturated carbocycles. The molecule has 0 aromatic heterocycles. The van der Waals surface area contributed by atoms with Crippen LogP contribution in [0.5, 0.6) is 0 Å². The number of alkyl halides is 1. The molecule has 1 aromatic rings. The molecule has 1 aliphatic rings. The predicted octanol–water partition coefficient (Wildman–Crippen LogP) is 2.65. The van der Waals surface area contributed by atoms with Gasteiger partial charge in [-0.1, -0.05) is 35.8 Å². The Hall–Kier alpha value is -0.850. The Kier molecular flexibility index (Phi) is 2.37. The Morgan fingerprint density at radius 2 is 2.13 bits per heavy atom. The minimum atomic E-state index is -0.484. The predicted molar refractivity (Wildman–Crippen MR) is 61.9 cm³/mol. The summed E-state index contributed by atoms with van der Waals surface area (Å²) in [5.41, 5.74) is 2.51. The van der Waals surface area contributed by atoms with Gasteiger partial charge in [0.15, 0.2) is 0 Å². The minimum Gasteiger partial charge on any atom is -0.387 e. The average Bonchev–Trinajstić information content (AvgIpc) is 2.40. The molecule has 2 nitrogen and oxygen atoms in total. The van der Waals surface area contributed by atoms with Crippen molar-refractivity contribution >= 4 is 15.9 Å². The van der Waals surface area contributed by atoms with E-state index in [0.29, 0.717) is 5.56 Å². The normalized spacial score (nSPS) is 27.1. The molecule has 0 bridgehead atoms. The maximum atomic E-state index is 10.0. The Labute approximate surface area is 97.7 Å². The molecule has 1 aromatic carbocycles. The summed E-state index contributed by atoms with van der Waals surface area (Å²) in [6.45, 7) is 4.14. The Morgan fingerprint density at radius 3 is 2.73 bits per heavy atom. The fourth-order valence-corrected chi connectivity index (χ4v) is 2.67. The quantitative estimate of drug-likeness (QED) is 0.733. The van der Waals surface area contributed by atoms with E-state index >= 15 is 0 Å². The molecule has 2 rings (SSSR count). The third kappa shape index (κ3) is 1.40. The van der Waals surface area contributed by atoms with E-state index in [4.69, 9.17) is 5.26 Å². The van der Waals surface area contributed by atoms with Crippen LogP contribution in [0.2, 0.25) is 0 Å². The monoisotopic (exact) mass is 265 g/mol. The molecule has 1 aliphatic carbocycles. The highest BCUT2D eigenvalue weighted by Crippen LogP contribution is 2.48. The van der Waals surface area contributed by atoms with Gasteiger partial charge in [-0.15, -0.1) is 0 Å². The summed E-state index contributed by atoms with van der Waals surface area (Å²) < 4.78 is 0. The van der Waals surface area contributed by atoms with E-state index in [2.05, 4.69) is 35.8 Å². The first kappa shape index (κ1) is 10.7. The Morgan fingerprint density at radius 1 is 1.47 bits per heavy atom. The van der Waals surface area contributed by atoms with Gasteiger partial charge < -0.3 is 5.11 Å². The third-order valence-electron chi connectivity index (χ3n) is 3.16. The van der Waals surface area contributed by atoms with E-state index in [9.17, 15) is 5.11 Å². The fraction of sp³-hybridized carbons (Fsp3) is 0.417. The number of benzene rings is 1. The van der Waals surface area contributed by atoms with Crippen molar-refractivity contribution in [1.82, 2.24) is 0 Å². The summed E-state index contributed by atoms with van der Waals surface area (Å²) in [7, 11) is 0. The summed E-state index contributed by atoms with van der Waals surface area (Å²) in [4.78, 5) is 0.00828. The molecule has 0 unspecified atom stereocenters. The number of hydrogen-bond donors (Lipinski definition) is 1. The molecule has 1 N–H and O–H groups in total. The number of halogens is 1. The number of hydrogen-bond acceptors (Lipinski definition) is 2. The van der Waals surface area contributed by atoms with E-state index in [1.807, 2.05) is 12.1 Å². The van der Waals surface area contributed by atoms with Crippen LogP contribution in [0.4, 0.5) is 0 Å². The van der Waals surface area contributed by atoms with Crippen molar-refractivity contribution in [3.8, 4) is 6.07 Å². The van der Waals surface area contributed by atoms with Crippen molar-refractivity contribution in [3.05, 3.63) is 34.9 Å². The zero-order chi connectivity index (χ0) is 11.2. The molecule has 0 radical (unpaired) electrons. The number of fused-ring (bicyclic) bond motifs is 1. The van der Waals surface area contributed by atoms with Crippen molar-refractivity contribution < 1.29 is 5.11 Å². The van der Waals surface area contributed by atoms with Crippen LogP contribution >= 0.6 is 15.9 Å². The number of aliphatic hydroxyl groups excluding tert-OH is 1. The molecule has 78 valence electrons. The summed E-state index contributed by atoms with van der Waals surface area (Å²) in [6, 6.07) is 7.60. The highest BCUT2D eigenvalue weighted by atomic mass is 79.9. The highest BCUT2D eigenvalue weighted by molar-refractivity contribution is 9.09. The van der Waals surface area contributed by atoms with Gasteiger partial charge in [0.1, 0.15) is 0 Å². The summed E-state index contributed by atoms with van der Waals surface area (Å²) in [5.74, 6) is 0. The van der Waals surface area contributed by atoms with Gasteiger partial charge in [0, 0.05) is 5.41 Å². The topological polar surface area (TPSA) is 44.0 Å². The van der Waals surface area contributed by atoms with E-state index in [1.54, 1.807) is 6.07 Å². The number of nitrogens with zero attached hydrogens (tertiary/aromatic N) is 1. The van der Waals surface area contributed by atoms with E-state index < -0.39 is 6.10 Å². The molecular formula is C12H12BrNO. The van der Waals surface area contributed by atoms with Crippen LogP contribution in [-0.4, -0.2) is 9.93 Å². The van der Waals surface area contributed by atoms with E-state index in [1.165, 1.54) is 0 Å². The summed E-state index contributed by atoms with van der Waals surface area (Å²) in [6.07, 6.45) is -0.484. The van der Waals surface area contributed by atoms with Crippen LogP contribution in [0, 0.1) is 11.3 Å². The van der Waals surface area contributed by atoms with Crippen molar-refractivity contribution in [2.24, 2.45) is 0 Å². The molecule has 2 atom stereocenters. The third-order valence-corrected chi connectivity index (χ3v) is 4.81. The highest BCUT2D eigenvalue weighted by Gasteiger charge is 2.44. The largest absolute Gasteiger partial charge is 0.387 e. The van der Waals surface area contributed by atoms with Crippen LogP contribution in [0.3, 0.4) is 0 Å². The molecule has 0 amide bonds. The Bertz CT molecular complexity index is 447. The van der Waals surface area contributed by atoms with Gasteiger partial charge in [0.25, 0.3) is 0 Å². The van der Waals surface area contributed by atoms with E-state index in [0.717, 1.165) is 11.1 Å². The number of rotatable bonds is 0. The van der Waals surface area contributed by atoms with E-state index in [-0.39, 0.29) is 10.2 Å². The second kappa shape index (κ2) is 3.33. The molecule has 0 aliphatic heterocycles. The van der Waals surface area contributed by atoms with Gasteiger partial charge >= 0.3 is 0 Å². The fourth-order valence-electron chi connectivity index (χ4n) is 2.14. The van der Waals surface area contributed by atoms with Gasteiger partial charge in [0.2, 0.25) is 0 Å². The lowest BCUT2D eigenvalue weighted by Gasteiger charge is -2.24.